The van der Waals surface area contributed by atoms with Crippen molar-refractivity contribution >= 4 is 17.4 Å². The molecule has 2 aliphatic heterocycles. The van der Waals surface area contributed by atoms with Gasteiger partial charge in [-0.15, -0.1) is 0 Å². The molecule has 0 atom stereocenters. The van der Waals surface area contributed by atoms with E-state index >= 15 is 0 Å². The molecule has 4 heteroatoms. The van der Waals surface area contributed by atoms with Crippen molar-refractivity contribution in [2.24, 2.45) is 0 Å². The van der Waals surface area contributed by atoms with Crippen LogP contribution >= 0.6 is 0 Å². The van der Waals surface area contributed by atoms with E-state index in [2.05, 4.69) is 58.7 Å². The number of carbonyl (C=O) groups is 1. The highest BCUT2D eigenvalue weighted by molar-refractivity contribution is 5.93. The molecule has 1 N–H and O–H groups in total. The molecule has 1 fully saturated rings. The fraction of sp³-hybridized carbons (Fsp3) is 0.409. The number of hydrogen-bond donors (Lipinski definition) is 1. The van der Waals surface area contributed by atoms with E-state index in [1.165, 1.54) is 11.3 Å². The molecule has 1 saturated heterocycles. The number of nitrogens with zero attached hydrogens (tertiary/aromatic N) is 2. The summed E-state index contributed by atoms with van der Waals surface area (Å²) in [4.78, 5) is 17.3. The van der Waals surface area contributed by atoms with Crippen molar-refractivity contribution in [1.82, 2.24) is 5.32 Å². The van der Waals surface area contributed by atoms with Crippen LogP contribution in [0.25, 0.3) is 0 Å². The molecule has 26 heavy (non-hydrogen) atoms. The van der Waals surface area contributed by atoms with Gasteiger partial charge in [-0.05, 0) is 55.9 Å². The SMILES string of the molecule is O=C(NC1CCN(c2ccccc2)CC1)N1CCCCc2ccccc21. The Bertz CT molecular complexity index is 738. The highest BCUT2D eigenvalue weighted by atomic mass is 16.2. The molecule has 0 radical (unpaired) electrons. The summed E-state index contributed by atoms with van der Waals surface area (Å²) in [5.41, 5.74) is 3.65. The van der Waals surface area contributed by atoms with Crippen LogP contribution in [-0.2, 0) is 6.42 Å². The van der Waals surface area contributed by atoms with Crippen LogP contribution in [0.3, 0.4) is 0 Å². The first-order valence-electron chi connectivity index (χ1n) is 9.77. The minimum atomic E-state index is 0.0671. The summed E-state index contributed by atoms with van der Waals surface area (Å²) >= 11 is 0. The van der Waals surface area contributed by atoms with Gasteiger partial charge in [0.2, 0.25) is 0 Å². The average Bonchev–Trinajstić information content (AvgIpc) is 2.92. The quantitative estimate of drug-likeness (QED) is 0.882. The molecule has 0 bridgehead atoms. The Balaban J connectivity index is 1.37. The first-order valence-corrected chi connectivity index (χ1v) is 9.77. The molecule has 2 amide bonds. The Labute approximate surface area is 155 Å². The van der Waals surface area contributed by atoms with E-state index in [1.54, 1.807) is 0 Å². The van der Waals surface area contributed by atoms with Gasteiger partial charge in [-0.1, -0.05) is 36.4 Å². The van der Waals surface area contributed by atoms with Gasteiger partial charge in [0, 0.05) is 37.1 Å². The van der Waals surface area contributed by atoms with Gasteiger partial charge < -0.3 is 10.2 Å². The summed E-state index contributed by atoms with van der Waals surface area (Å²) in [7, 11) is 0. The maximum absolute atomic E-state index is 12.9. The summed E-state index contributed by atoms with van der Waals surface area (Å²) in [6, 6.07) is 19.2. The summed E-state index contributed by atoms with van der Waals surface area (Å²) in [5, 5.41) is 3.29. The Morgan fingerprint density at radius 3 is 2.42 bits per heavy atom. The summed E-state index contributed by atoms with van der Waals surface area (Å²) < 4.78 is 0. The van der Waals surface area contributed by atoms with Crippen LogP contribution in [0.2, 0.25) is 0 Å². The molecule has 0 saturated carbocycles. The monoisotopic (exact) mass is 349 g/mol. The van der Waals surface area contributed by atoms with Crippen LogP contribution in [0.15, 0.2) is 54.6 Å². The van der Waals surface area contributed by atoms with E-state index in [-0.39, 0.29) is 12.1 Å². The van der Waals surface area contributed by atoms with Crippen LogP contribution in [0.1, 0.15) is 31.2 Å². The first-order chi connectivity index (χ1) is 12.8. The lowest BCUT2D eigenvalue weighted by atomic mass is 10.0. The van der Waals surface area contributed by atoms with Crippen molar-refractivity contribution < 1.29 is 4.79 Å². The van der Waals surface area contributed by atoms with E-state index < -0.39 is 0 Å². The second-order valence-corrected chi connectivity index (χ2v) is 7.28. The van der Waals surface area contributed by atoms with E-state index in [1.807, 2.05) is 11.0 Å². The molecule has 0 unspecified atom stereocenters. The van der Waals surface area contributed by atoms with Gasteiger partial charge >= 0.3 is 6.03 Å². The Hall–Kier alpha value is -2.49. The topological polar surface area (TPSA) is 35.6 Å². The van der Waals surface area contributed by atoms with Crippen LogP contribution in [-0.4, -0.2) is 31.7 Å². The smallest absolute Gasteiger partial charge is 0.322 e. The molecule has 0 aliphatic carbocycles. The number of hydrogen-bond acceptors (Lipinski definition) is 2. The zero-order valence-corrected chi connectivity index (χ0v) is 15.2. The van der Waals surface area contributed by atoms with Crippen LogP contribution in [0.5, 0.6) is 0 Å². The zero-order chi connectivity index (χ0) is 17.8. The number of carbonyl (C=O) groups excluding carboxylic acids is 1. The first kappa shape index (κ1) is 17.0. The molecule has 2 aromatic carbocycles. The Kier molecular flexibility index (Phi) is 5.09. The minimum Gasteiger partial charge on any atom is -0.371 e. The molecule has 0 spiro atoms. The summed E-state index contributed by atoms with van der Waals surface area (Å²) in [6.45, 7) is 2.79. The molecule has 4 nitrogen and oxygen atoms in total. The number of anilines is 2. The lowest BCUT2D eigenvalue weighted by Gasteiger charge is -2.35. The predicted octanol–water partition coefficient (Wildman–Crippen LogP) is 4.21. The van der Waals surface area contributed by atoms with Crippen LogP contribution < -0.4 is 15.1 Å². The molecule has 0 aromatic heterocycles. The van der Waals surface area contributed by atoms with Crippen molar-refractivity contribution in [3.05, 3.63) is 60.2 Å². The summed E-state index contributed by atoms with van der Waals surface area (Å²) in [6.07, 6.45) is 5.27. The maximum atomic E-state index is 12.9. The minimum absolute atomic E-state index is 0.0671. The van der Waals surface area contributed by atoms with Crippen molar-refractivity contribution in [3.63, 3.8) is 0 Å². The van der Waals surface area contributed by atoms with Gasteiger partial charge in [-0.3, -0.25) is 4.90 Å². The predicted molar refractivity (Wildman–Crippen MR) is 107 cm³/mol. The number of piperidine rings is 1. The lowest BCUT2D eigenvalue weighted by molar-refractivity contribution is 0.240. The Morgan fingerprint density at radius 2 is 1.62 bits per heavy atom. The fourth-order valence-electron chi connectivity index (χ4n) is 4.08. The maximum Gasteiger partial charge on any atom is 0.322 e. The normalized spacial score (nSPS) is 18.2. The highest BCUT2D eigenvalue weighted by Crippen LogP contribution is 2.26. The Morgan fingerprint density at radius 1 is 0.885 bits per heavy atom. The number of rotatable bonds is 2. The number of para-hydroxylation sites is 2. The highest BCUT2D eigenvalue weighted by Gasteiger charge is 2.25. The zero-order valence-electron chi connectivity index (χ0n) is 15.2. The number of nitrogens with one attached hydrogen (secondary N) is 1. The average molecular weight is 349 g/mol. The molecule has 2 heterocycles. The number of benzene rings is 2. The van der Waals surface area contributed by atoms with E-state index in [4.69, 9.17) is 0 Å². The van der Waals surface area contributed by atoms with Gasteiger partial charge in [0.05, 0.1) is 0 Å². The second kappa shape index (κ2) is 7.81. The summed E-state index contributed by atoms with van der Waals surface area (Å²) in [5.74, 6) is 0. The third kappa shape index (κ3) is 3.69. The second-order valence-electron chi connectivity index (χ2n) is 7.28. The number of urea groups is 1. The van der Waals surface area contributed by atoms with Gasteiger partial charge in [0.15, 0.2) is 0 Å². The third-order valence-electron chi connectivity index (χ3n) is 5.55. The molecule has 2 aromatic rings. The molecular formula is C22H27N3O. The number of aryl methyl sites for hydroxylation is 1. The molecular weight excluding hydrogens is 322 g/mol. The lowest BCUT2D eigenvalue weighted by Crippen LogP contribution is -2.49. The van der Waals surface area contributed by atoms with Crippen molar-refractivity contribution in [2.75, 3.05) is 29.4 Å². The largest absolute Gasteiger partial charge is 0.371 e. The van der Waals surface area contributed by atoms with Gasteiger partial charge in [-0.25, -0.2) is 4.79 Å². The van der Waals surface area contributed by atoms with E-state index in [9.17, 15) is 4.79 Å². The molecule has 2 aliphatic rings. The van der Waals surface area contributed by atoms with Crippen molar-refractivity contribution in [1.29, 1.82) is 0 Å². The molecule has 4 rings (SSSR count). The van der Waals surface area contributed by atoms with Gasteiger partial charge in [0.1, 0.15) is 0 Å². The molecule has 136 valence electrons. The fourth-order valence-corrected chi connectivity index (χ4v) is 4.08. The number of fused-ring (bicyclic) bond motifs is 1. The van der Waals surface area contributed by atoms with Crippen LogP contribution in [0.4, 0.5) is 16.2 Å². The van der Waals surface area contributed by atoms with Crippen molar-refractivity contribution in [3.8, 4) is 0 Å². The standard InChI is InChI=1S/C22H27N3O/c26-22(25-15-7-6-9-18-8-4-5-12-21(18)25)23-19-13-16-24(17-14-19)20-10-2-1-3-11-20/h1-5,8,10-12,19H,6-7,9,13-17H2,(H,23,26). The van der Waals surface area contributed by atoms with Crippen molar-refractivity contribution in [2.45, 2.75) is 38.1 Å². The van der Waals surface area contributed by atoms with Crippen LogP contribution in [0, 0.1) is 0 Å². The van der Waals surface area contributed by atoms with Gasteiger partial charge in [-0.2, -0.15) is 0 Å². The third-order valence-corrected chi connectivity index (χ3v) is 5.55. The van der Waals surface area contributed by atoms with E-state index in [0.29, 0.717) is 0 Å². The van der Waals surface area contributed by atoms with Gasteiger partial charge in [0.25, 0.3) is 0 Å². The number of amides is 2. The van der Waals surface area contributed by atoms with E-state index in [0.717, 1.165) is 57.4 Å².